The normalized spacial score (nSPS) is 10.4. The molecular weight excluding hydrogens is 272 g/mol. The molecule has 0 aliphatic carbocycles. The molecule has 0 unspecified atom stereocenters. The van der Waals surface area contributed by atoms with Crippen LogP contribution in [0, 0.1) is 13.8 Å². The first-order valence-corrected chi connectivity index (χ1v) is 6.56. The van der Waals surface area contributed by atoms with Gasteiger partial charge in [0.25, 0.3) is 5.91 Å². The van der Waals surface area contributed by atoms with Crippen molar-refractivity contribution in [3.8, 4) is 0 Å². The summed E-state index contributed by atoms with van der Waals surface area (Å²) in [5.74, 6) is 0.804. The van der Waals surface area contributed by atoms with E-state index in [1.807, 2.05) is 19.9 Å². The molecule has 21 heavy (non-hydrogen) atoms. The fourth-order valence-electron chi connectivity index (χ4n) is 1.75. The number of carbonyl (C=O) groups is 2. The van der Waals surface area contributed by atoms with Gasteiger partial charge in [0.1, 0.15) is 17.2 Å². The van der Waals surface area contributed by atoms with Crippen molar-refractivity contribution < 1.29 is 14.0 Å². The second-order valence-electron chi connectivity index (χ2n) is 4.77. The van der Waals surface area contributed by atoms with Gasteiger partial charge >= 0.3 is 0 Å². The topological polar surface area (TPSA) is 89.2 Å². The Morgan fingerprint density at radius 1 is 1.29 bits per heavy atom. The third kappa shape index (κ3) is 3.95. The Bertz CT molecular complexity index is 637. The molecule has 7 nitrogen and oxygen atoms in total. The van der Waals surface area contributed by atoms with Crippen LogP contribution in [0.15, 0.2) is 22.6 Å². The largest absolute Gasteiger partial charge is 0.465 e. The van der Waals surface area contributed by atoms with Crippen LogP contribution in [-0.4, -0.2) is 28.1 Å². The van der Waals surface area contributed by atoms with E-state index < -0.39 is 0 Å². The lowest BCUT2D eigenvalue weighted by molar-refractivity contribution is -0.120. The molecule has 0 aliphatic heterocycles. The minimum atomic E-state index is -0.373. The minimum Gasteiger partial charge on any atom is -0.465 e. The van der Waals surface area contributed by atoms with Crippen molar-refractivity contribution >= 4 is 11.8 Å². The molecule has 0 aliphatic rings. The molecule has 0 bridgehead atoms. The van der Waals surface area contributed by atoms with Gasteiger partial charge in [0, 0.05) is 12.7 Å². The van der Waals surface area contributed by atoms with E-state index in [-0.39, 0.29) is 18.4 Å². The number of aryl methyl sites for hydroxylation is 3. The average Bonchev–Trinajstić information content (AvgIpc) is 3.00. The molecule has 0 fully saturated rings. The molecular formula is C14H18N4O3. The van der Waals surface area contributed by atoms with Gasteiger partial charge in [-0.3, -0.25) is 14.3 Å². The smallest absolute Gasteiger partial charge is 0.272 e. The van der Waals surface area contributed by atoms with Gasteiger partial charge in [-0.15, -0.1) is 0 Å². The number of hydrogen-bond donors (Lipinski definition) is 2. The van der Waals surface area contributed by atoms with E-state index in [4.69, 9.17) is 4.42 Å². The van der Waals surface area contributed by atoms with E-state index in [1.54, 1.807) is 23.9 Å². The zero-order valence-corrected chi connectivity index (χ0v) is 12.3. The van der Waals surface area contributed by atoms with Gasteiger partial charge in [0.15, 0.2) is 0 Å². The number of hydrogen-bond acceptors (Lipinski definition) is 4. The fraction of sp³-hybridized carbons (Fsp3) is 0.357. The van der Waals surface area contributed by atoms with E-state index in [9.17, 15) is 9.59 Å². The molecule has 2 aromatic heterocycles. The van der Waals surface area contributed by atoms with Crippen LogP contribution in [0.2, 0.25) is 0 Å². The molecule has 0 spiro atoms. The monoisotopic (exact) mass is 290 g/mol. The Labute approximate surface area is 122 Å². The average molecular weight is 290 g/mol. The Morgan fingerprint density at radius 3 is 2.62 bits per heavy atom. The van der Waals surface area contributed by atoms with Crippen molar-refractivity contribution in [3.63, 3.8) is 0 Å². The van der Waals surface area contributed by atoms with Gasteiger partial charge in [-0.1, -0.05) is 0 Å². The summed E-state index contributed by atoms with van der Waals surface area (Å²) in [6.45, 7) is 3.88. The van der Waals surface area contributed by atoms with Crippen LogP contribution in [0.25, 0.3) is 0 Å². The summed E-state index contributed by atoms with van der Waals surface area (Å²) in [5, 5.41) is 9.23. The van der Waals surface area contributed by atoms with Crippen LogP contribution in [-0.2, 0) is 18.4 Å². The molecule has 0 atom stereocenters. The molecule has 2 heterocycles. The zero-order valence-electron chi connectivity index (χ0n) is 12.3. The van der Waals surface area contributed by atoms with Crippen LogP contribution in [0.1, 0.15) is 27.7 Å². The highest BCUT2D eigenvalue weighted by Crippen LogP contribution is 2.05. The molecule has 7 heteroatoms. The van der Waals surface area contributed by atoms with Crippen molar-refractivity contribution in [2.75, 3.05) is 6.54 Å². The van der Waals surface area contributed by atoms with Crippen molar-refractivity contribution in [2.45, 2.75) is 20.4 Å². The maximum Gasteiger partial charge on any atom is 0.272 e. The number of furan rings is 1. The Morgan fingerprint density at radius 2 is 2.05 bits per heavy atom. The minimum absolute atomic E-state index is 0.103. The molecule has 0 aromatic carbocycles. The van der Waals surface area contributed by atoms with E-state index in [0.29, 0.717) is 18.0 Å². The van der Waals surface area contributed by atoms with Crippen molar-refractivity contribution in [1.29, 1.82) is 0 Å². The predicted molar refractivity (Wildman–Crippen MR) is 75.6 cm³/mol. The highest BCUT2D eigenvalue weighted by molar-refractivity contribution is 5.94. The Kier molecular flexibility index (Phi) is 4.42. The van der Waals surface area contributed by atoms with Crippen molar-refractivity contribution in [1.82, 2.24) is 20.4 Å². The van der Waals surface area contributed by atoms with Crippen LogP contribution in [0.5, 0.6) is 0 Å². The summed E-state index contributed by atoms with van der Waals surface area (Å²) in [6, 6.07) is 5.29. The number of aromatic nitrogens is 2. The maximum absolute atomic E-state index is 11.8. The first-order valence-electron chi connectivity index (χ1n) is 6.56. The standard InChI is InChI=1S/C14H18N4O3/c1-9-6-12(17-18(9)3)14(20)16-8-13(19)15-7-11-5-4-10(2)21-11/h4-6H,7-8H2,1-3H3,(H,15,19)(H,16,20). The molecule has 2 N–H and O–H groups in total. The number of carbonyl (C=O) groups excluding carboxylic acids is 2. The summed E-state index contributed by atoms with van der Waals surface area (Å²) in [6.07, 6.45) is 0. The van der Waals surface area contributed by atoms with Gasteiger partial charge in [-0.25, -0.2) is 0 Å². The van der Waals surface area contributed by atoms with Crippen molar-refractivity contribution in [3.05, 3.63) is 41.1 Å². The Hall–Kier alpha value is -2.57. The summed E-state index contributed by atoms with van der Waals surface area (Å²) >= 11 is 0. The van der Waals surface area contributed by atoms with E-state index in [1.165, 1.54) is 0 Å². The first-order chi connectivity index (χ1) is 9.95. The summed E-state index contributed by atoms with van der Waals surface area (Å²) in [5.41, 5.74) is 1.17. The van der Waals surface area contributed by atoms with Gasteiger partial charge in [-0.2, -0.15) is 5.10 Å². The van der Waals surface area contributed by atoms with Crippen molar-refractivity contribution in [2.24, 2.45) is 7.05 Å². The molecule has 0 radical (unpaired) electrons. The predicted octanol–water partition coefficient (Wildman–Crippen LogP) is 0.676. The molecule has 0 saturated carbocycles. The third-order valence-corrected chi connectivity index (χ3v) is 3.01. The quantitative estimate of drug-likeness (QED) is 0.847. The highest BCUT2D eigenvalue weighted by Gasteiger charge is 2.12. The second-order valence-corrected chi connectivity index (χ2v) is 4.77. The lowest BCUT2D eigenvalue weighted by Crippen LogP contribution is -2.36. The lowest BCUT2D eigenvalue weighted by Gasteiger charge is -2.04. The molecule has 0 saturated heterocycles. The van der Waals surface area contributed by atoms with E-state index in [2.05, 4.69) is 15.7 Å². The van der Waals surface area contributed by atoms with Crippen LogP contribution >= 0.6 is 0 Å². The first kappa shape index (κ1) is 14.8. The van der Waals surface area contributed by atoms with Crippen LogP contribution in [0.4, 0.5) is 0 Å². The lowest BCUT2D eigenvalue weighted by atomic mass is 10.3. The zero-order chi connectivity index (χ0) is 15.4. The van der Waals surface area contributed by atoms with Crippen LogP contribution < -0.4 is 10.6 Å². The maximum atomic E-state index is 11.8. The van der Waals surface area contributed by atoms with E-state index >= 15 is 0 Å². The molecule has 2 amide bonds. The Balaban J connectivity index is 1.77. The van der Waals surface area contributed by atoms with Gasteiger partial charge in [0.05, 0.1) is 13.1 Å². The number of rotatable bonds is 5. The number of nitrogens with one attached hydrogen (secondary N) is 2. The second kappa shape index (κ2) is 6.25. The fourth-order valence-corrected chi connectivity index (χ4v) is 1.75. The molecule has 2 rings (SSSR count). The number of amides is 2. The van der Waals surface area contributed by atoms with Gasteiger partial charge in [0.2, 0.25) is 5.91 Å². The highest BCUT2D eigenvalue weighted by atomic mass is 16.3. The molecule has 2 aromatic rings. The van der Waals surface area contributed by atoms with E-state index in [0.717, 1.165) is 11.5 Å². The molecule has 112 valence electrons. The van der Waals surface area contributed by atoms with Gasteiger partial charge in [-0.05, 0) is 32.0 Å². The number of nitrogens with zero attached hydrogens (tertiary/aromatic N) is 2. The third-order valence-electron chi connectivity index (χ3n) is 3.01. The summed E-state index contributed by atoms with van der Waals surface area (Å²) < 4.78 is 6.94. The van der Waals surface area contributed by atoms with Crippen LogP contribution in [0.3, 0.4) is 0 Å². The summed E-state index contributed by atoms with van der Waals surface area (Å²) in [7, 11) is 1.75. The summed E-state index contributed by atoms with van der Waals surface area (Å²) in [4.78, 5) is 23.4. The van der Waals surface area contributed by atoms with Gasteiger partial charge < -0.3 is 15.1 Å². The SMILES string of the molecule is Cc1ccc(CNC(=O)CNC(=O)c2cc(C)n(C)n2)o1.